The molecule has 0 aromatic heterocycles. The van der Waals surface area contributed by atoms with Crippen LogP contribution in [0.25, 0.3) is 0 Å². The molecule has 6 heteroatoms. The molecule has 0 aliphatic rings. The van der Waals surface area contributed by atoms with E-state index in [1.165, 1.54) is 0 Å². The summed E-state index contributed by atoms with van der Waals surface area (Å²) in [6, 6.07) is 0.227. The third-order valence-electron chi connectivity index (χ3n) is 1.45. The molecule has 0 saturated carbocycles. The summed E-state index contributed by atoms with van der Waals surface area (Å²) in [4.78, 5) is 0. The molecule has 0 radical (unpaired) electrons. The zero-order chi connectivity index (χ0) is 9.61. The lowest BCUT2D eigenvalue weighted by Gasteiger charge is -2.09. The van der Waals surface area contributed by atoms with Crippen molar-refractivity contribution in [1.82, 2.24) is 5.32 Å². The first-order valence-corrected chi connectivity index (χ1v) is 5.61. The highest BCUT2D eigenvalue weighted by Crippen LogP contribution is 1.84. The Morgan fingerprint density at radius 1 is 1.50 bits per heavy atom. The van der Waals surface area contributed by atoms with Gasteiger partial charge in [-0.3, -0.25) is 0 Å². The summed E-state index contributed by atoms with van der Waals surface area (Å²) in [5.41, 5.74) is 5.33. The first-order chi connectivity index (χ1) is 5.45. The van der Waals surface area contributed by atoms with Gasteiger partial charge in [0.25, 0.3) is 0 Å². The average Bonchev–Trinajstić information content (AvgIpc) is 1.96. The number of rotatable bonds is 6. The lowest BCUT2D eigenvalue weighted by Crippen LogP contribution is -2.34. The van der Waals surface area contributed by atoms with Crippen LogP contribution in [0, 0.1) is 0 Å². The molecular weight excluding hydrogens is 178 g/mol. The molecular formula is C6H17N3O2S. The highest BCUT2D eigenvalue weighted by Gasteiger charge is 2.02. The maximum Gasteiger partial charge on any atom is 0.209 e. The van der Waals surface area contributed by atoms with Gasteiger partial charge in [-0.05, 0) is 19.9 Å². The molecule has 5 nitrogen and oxygen atoms in total. The van der Waals surface area contributed by atoms with Crippen LogP contribution in [-0.2, 0) is 10.0 Å². The molecule has 74 valence electrons. The topological polar surface area (TPSA) is 98.2 Å². The molecule has 0 rings (SSSR count). The Morgan fingerprint density at radius 2 is 2.08 bits per heavy atom. The van der Waals surface area contributed by atoms with Gasteiger partial charge < -0.3 is 11.1 Å². The maximum atomic E-state index is 10.5. The van der Waals surface area contributed by atoms with Crippen LogP contribution in [-0.4, -0.2) is 33.3 Å². The molecule has 0 spiro atoms. The molecule has 0 heterocycles. The van der Waals surface area contributed by atoms with Crippen molar-refractivity contribution in [1.29, 1.82) is 0 Å². The fraction of sp³-hybridized carbons (Fsp3) is 1.00. The zero-order valence-corrected chi connectivity index (χ0v) is 8.10. The van der Waals surface area contributed by atoms with Crippen LogP contribution in [0.15, 0.2) is 0 Å². The predicted octanol–water partition coefficient (Wildman–Crippen LogP) is -1.40. The fourth-order valence-corrected chi connectivity index (χ4v) is 1.25. The van der Waals surface area contributed by atoms with Gasteiger partial charge in [0.2, 0.25) is 10.0 Å². The Kier molecular flexibility index (Phi) is 5.39. The van der Waals surface area contributed by atoms with Gasteiger partial charge in [0.1, 0.15) is 0 Å². The third kappa shape index (κ3) is 7.93. The molecule has 1 unspecified atom stereocenters. The third-order valence-corrected chi connectivity index (χ3v) is 2.31. The summed E-state index contributed by atoms with van der Waals surface area (Å²) >= 11 is 0. The normalized spacial score (nSPS) is 14.6. The van der Waals surface area contributed by atoms with Crippen molar-refractivity contribution in [3.05, 3.63) is 0 Å². The maximum absolute atomic E-state index is 10.5. The van der Waals surface area contributed by atoms with Crippen LogP contribution in [0.2, 0.25) is 0 Å². The summed E-state index contributed by atoms with van der Waals surface area (Å²) in [5, 5.41) is 7.86. The molecule has 0 fully saturated rings. The second-order valence-corrected chi connectivity index (χ2v) is 4.55. The SMILES string of the molecule is CC(CN)NCCCS(N)(=O)=O. The Hall–Kier alpha value is -0.170. The van der Waals surface area contributed by atoms with E-state index in [9.17, 15) is 8.42 Å². The molecule has 1 atom stereocenters. The molecule has 0 aromatic rings. The van der Waals surface area contributed by atoms with Crippen molar-refractivity contribution < 1.29 is 8.42 Å². The van der Waals surface area contributed by atoms with E-state index in [1.807, 2.05) is 6.92 Å². The molecule has 12 heavy (non-hydrogen) atoms. The molecule has 5 N–H and O–H groups in total. The quantitative estimate of drug-likeness (QED) is 0.454. The van der Waals surface area contributed by atoms with Crippen LogP contribution < -0.4 is 16.2 Å². The summed E-state index contributed by atoms with van der Waals surface area (Å²) in [6.07, 6.45) is 0.531. The van der Waals surface area contributed by atoms with Crippen LogP contribution in [0.5, 0.6) is 0 Å². The van der Waals surface area contributed by atoms with E-state index < -0.39 is 10.0 Å². The van der Waals surface area contributed by atoms with E-state index in [2.05, 4.69) is 5.32 Å². The number of hydrogen-bond acceptors (Lipinski definition) is 4. The molecule has 0 saturated heterocycles. The van der Waals surface area contributed by atoms with Gasteiger partial charge in [-0.25, -0.2) is 13.6 Å². The average molecular weight is 195 g/mol. The minimum Gasteiger partial charge on any atom is -0.329 e. The van der Waals surface area contributed by atoms with E-state index in [1.54, 1.807) is 0 Å². The van der Waals surface area contributed by atoms with E-state index in [-0.39, 0.29) is 11.8 Å². The van der Waals surface area contributed by atoms with Gasteiger partial charge in [-0.2, -0.15) is 0 Å². The van der Waals surface area contributed by atoms with E-state index in [4.69, 9.17) is 10.9 Å². The van der Waals surface area contributed by atoms with Gasteiger partial charge in [0, 0.05) is 12.6 Å². The Morgan fingerprint density at radius 3 is 2.50 bits per heavy atom. The Balaban J connectivity index is 3.34. The van der Waals surface area contributed by atoms with Gasteiger partial charge >= 0.3 is 0 Å². The van der Waals surface area contributed by atoms with Gasteiger partial charge in [0.15, 0.2) is 0 Å². The van der Waals surface area contributed by atoms with Crippen LogP contribution >= 0.6 is 0 Å². The van der Waals surface area contributed by atoms with E-state index in [0.717, 1.165) is 0 Å². The van der Waals surface area contributed by atoms with E-state index >= 15 is 0 Å². The summed E-state index contributed by atoms with van der Waals surface area (Å²) in [6.45, 7) is 3.13. The predicted molar refractivity (Wildman–Crippen MR) is 49.1 cm³/mol. The van der Waals surface area contributed by atoms with Crippen LogP contribution in [0.4, 0.5) is 0 Å². The molecule has 0 bridgehead atoms. The number of sulfonamides is 1. The number of primary sulfonamides is 1. The van der Waals surface area contributed by atoms with Crippen molar-refractivity contribution in [3.63, 3.8) is 0 Å². The van der Waals surface area contributed by atoms with Crippen LogP contribution in [0.3, 0.4) is 0 Å². The van der Waals surface area contributed by atoms with Crippen LogP contribution in [0.1, 0.15) is 13.3 Å². The van der Waals surface area contributed by atoms with Crippen molar-refractivity contribution in [2.45, 2.75) is 19.4 Å². The first-order valence-electron chi connectivity index (χ1n) is 3.89. The Bertz CT molecular complexity index is 203. The van der Waals surface area contributed by atoms with Crippen molar-refractivity contribution in [2.75, 3.05) is 18.8 Å². The fourth-order valence-electron chi connectivity index (χ4n) is 0.705. The molecule has 0 aromatic carbocycles. The Labute approximate surface area is 73.6 Å². The number of hydrogen-bond donors (Lipinski definition) is 3. The number of nitrogens with one attached hydrogen (secondary N) is 1. The van der Waals surface area contributed by atoms with Crippen molar-refractivity contribution in [2.24, 2.45) is 10.9 Å². The largest absolute Gasteiger partial charge is 0.329 e. The zero-order valence-electron chi connectivity index (χ0n) is 7.29. The van der Waals surface area contributed by atoms with Crippen molar-refractivity contribution in [3.8, 4) is 0 Å². The molecule has 0 aliphatic heterocycles. The summed E-state index contributed by atoms with van der Waals surface area (Å²) < 4.78 is 20.9. The van der Waals surface area contributed by atoms with E-state index in [0.29, 0.717) is 19.5 Å². The van der Waals surface area contributed by atoms with Crippen molar-refractivity contribution >= 4 is 10.0 Å². The lowest BCUT2D eigenvalue weighted by molar-refractivity contribution is 0.548. The summed E-state index contributed by atoms with van der Waals surface area (Å²) in [5.74, 6) is 0.0251. The highest BCUT2D eigenvalue weighted by atomic mass is 32.2. The second kappa shape index (κ2) is 5.47. The standard InChI is InChI=1S/C6H17N3O2S/c1-6(5-7)9-3-2-4-12(8,10)11/h6,9H,2-5,7H2,1H3,(H2,8,10,11). The minimum absolute atomic E-state index is 0.0251. The first kappa shape index (κ1) is 11.8. The van der Waals surface area contributed by atoms with Gasteiger partial charge in [0.05, 0.1) is 5.75 Å². The highest BCUT2D eigenvalue weighted by molar-refractivity contribution is 7.89. The minimum atomic E-state index is -3.30. The summed E-state index contributed by atoms with van der Waals surface area (Å²) in [7, 11) is -3.30. The smallest absolute Gasteiger partial charge is 0.209 e. The lowest BCUT2D eigenvalue weighted by atomic mass is 10.3. The van der Waals surface area contributed by atoms with Gasteiger partial charge in [-0.1, -0.05) is 0 Å². The van der Waals surface area contributed by atoms with Gasteiger partial charge in [-0.15, -0.1) is 0 Å². The molecule has 0 amide bonds. The second-order valence-electron chi connectivity index (χ2n) is 2.81. The number of nitrogens with two attached hydrogens (primary N) is 2. The monoisotopic (exact) mass is 195 g/mol. The molecule has 0 aliphatic carbocycles.